The number of unbranched alkanes of at least 4 members (excludes halogenated alkanes) is 1. The van der Waals surface area contributed by atoms with E-state index in [9.17, 15) is 0 Å². The van der Waals surface area contributed by atoms with Gasteiger partial charge in [0.05, 0.1) is 33.0 Å². The van der Waals surface area contributed by atoms with Crippen molar-refractivity contribution >= 4 is 11.3 Å². The van der Waals surface area contributed by atoms with Gasteiger partial charge < -0.3 is 19.5 Å². The van der Waals surface area contributed by atoms with E-state index in [-0.39, 0.29) is 0 Å². The molecule has 1 unspecified atom stereocenters. The van der Waals surface area contributed by atoms with Crippen molar-refractivity contribution in [2.45, 2.75) is 32.7 Å². The quantitative estimate of drug-likeness (QED) is 0.535. The first-order valence-corrected chi connectivity index (χ1v) is 8.72. The van der Waals surface area contributed by atoms with Crippen LogP contribution in [0.25, 0.3) is 0 Å². The highest BCUT2D eigenvalue weighted by Crippen LogP contribution is 2.17. The normalized spacial score (nSPS) is 12.7. The van der Waals surface area contributed by atoms with E-state index in [1.807, 2.05) is 0 Å². The molecular formula is C16H29NO3S. The molecular weight excluding hydrogens is 286 g/mol. The van der Waals surface area contributed by atoms with Crippen molar-refractivity contribution in [2.75, 3.05) is 46.2 Å². The third kappa shape index (κ3) is 9.98. The molecule has 0 aromatic carbocycles. The van der Waals surface area contributed by atoms with Crippen LogP contribution in [0.1, 0.15) is 37.6 Å². The van der Waals surface area contributed by atoms with Gasteiger partial charge in [-0.3, -0.25) is 0 Å². The summed E-state index contributed by atoms with van der Waals surface area (Å²) in [6.07, 6.45) is 2.30. The van der Waals surface area contributed by atoms with Gasteiger partial charge in [-0.1, -0.05) is 19.4 Å². The summed E-state index contributed by atoms with van der Waals surface area (Å²) >= 11 is 1.78. The molecule has 1 aromatic heterocycles. The lowest BCUT2D eigenvalue weighted by atomic mass is 10.3. The van der Waals surface area contributed by atoms with E-state index in [0.29, 0.717) is 39.1 Å². The monoisotopic (exact) mass is 315 g/mol. The molecule has 0 amide bonds. The largest absolute Gasteiger partial charge is 0.379 e. The van der Waals surface area contributed by atoms with Gasteiger partial charge in [0.2, 0.25) is 0 Å². The topological polar surface area (TPSA) is 39.7 Å². The first-order chi connectivity index (χ1) is 10.3. The van der Waals surface area contributed by atoms with E-state index in [0.717, 1.165) is 19.6 Å². The lowest BCUT2D eigenvalue weighted by Crippen LogP contribution is -2.23. The van der Waals surface area contributed by atoms with Crippen LogP contribution < -0.4 is 5.32 Å². The molecule has 1 atom stereocenters. The summed E-state index contributed by atoms with van der Waals surface area (Å²) in [5, 5.41) is 5.54. The number of rotatable bonds is 14. The average Bonchev–Trinajstić information content (AvgIpc) is 3.02. The molecule has 0 fully saturated rings. The van der Waals surface area contributed by atoms with Crippen molar-refractivity contribution in [1.29, 1.82) is 0 Å². The Bertz CT molecular complexity index is 319. The van der Waals surface area contributed by atoms with E-state index >= 15 is 0 Å². The summed E-state index contributed by atoms with van der Waals surface area (Å²) < 4.78 is 16.4. The Balaban J connectivity index is 1.78. The van der Waals surface area contributed by atoms with Gasteiger partial charge in [-0.05, 0) is 24.8 Å². The molecule has 1 heterocycles. The van der Waals surface area contributed by atoms with Gasteiger partial charge in [-0.25, -0.2) is 0 Å². The Morgan fingerprint density at radius 1 is 1.05 bits per heavy atom. The van der Waals surface area contributed by atoms with Crippen LogP contribution in [0, 0.1) is 0 Å². The molecule has 0 aliphatic heterocycles. The summed E-state index contributed by atoms with van der Waals surface area (Å²) in [5.41, 5.74) is 0. The second kappa shape index (κ2) is 13.2. The smallest absolute Gasteiger partial charge is 0.0701 e. The number of ether oxygens (including phenoxy) is 3. The van der Waals surface area contributed by atoms with Gasteiger partial charge in [-0.15, -0.1) is 11.3 Å². The van der Waals surface area contributed by atoms with Crippen LogP contribution in [-0.2, 0) is 14.2 Å². The molecule has 0 spiro atoms. The predicted octanol–water partition coefficient (Wildman–Crippen LogP) is 3.25. The van der Waals surface area contributed by atoms with Gasteiger partial charge >= 0.3 is 0 Å². The molecule has 1 aromatic rings. The minimum absolute atomic E-state index is 0.394. The van der Waals surface area contributed by atoms with Crippen molar-refractivity contribution in [3.05, 3.63) is 22.4 Å². The van der Waals surface area contributed by atoms with E-state index in [1.165, 1.54) is 11.3 Å². The Kier molecular flexibility index (Phi) is 11.7. The highest BCUT2D eigenvalue weighted by Gasteiger charge is 2.04. The molecule has 1 rings (SSSR count). The summed E-state index contributed by atoms with van der Waals surface area (Å²) in [7, 11) is 0. The maximum atomic E-state index is 5.52. The molecule has 0 bridgehead atoms. The molecule has 0 radical (unpaired) electrons. The summed E-state index contributed by atoms with van der Waals surface area (Å²) in [6, 6.07) is 4.63. The van der Waals surface area contributed by atoms with Crippen LogP contribution >= 0.6 is 11.3 Å². The van der Waals surface area contributed by atoms with Crippen LogP contribution in [-0.4, -0.2) is 46.2 Å². The van der Waals surface area contributed by atoms with E-state index in [2.05, 4.69) is 36.7 Å². The van der Waals surface area contributed by atoms with Crippen molar-refractivity contribution in [3.63, 3.8) is 0 Å². The summed E-state index contributed by atoms with van der Waals surface area (Å²) in [6.45, 7) is 9.36. The maximum absolute atomic E-state index is 5.52. The lowest BCUT2D eigenvalue weighted by molar-refractivity contribution is 0.0144. The fourth-order valence-electron chi connectivity index (χ4n) is 1.77. The molecule has 0 saturated heterocycles. The molecule has 5 heteroatoms. The number of hydrogen-bond acceptors (Lipinski definition) is 5. The van der Waals surface area contributed by atoms with Crippen molar-refractivity contribution in [2.24, 2.45) is 0 Å². The van der Waals surface area contributed by atoms with E-state index in [4.69, 9.17) is 14.2 Å². The van der Waals surface area contributed by atoms with Crippen molar-refractivity contribution in [1.82, 2.24) is 5.32 Å². The average molecular weight is 315 g/mol. The zero-order valence-electron chi connectivity index (χ0n) is 13.3. The van der Waals surface area contributed by atoms with Crippen LogP contribution in [0.2, 0.25) is 0 Å². The van der Waals surface area contributed by atoms with Crippen molar-refractivity contribution in [3.8, 4) is 0 Å². The van der Waals surface area contributed by atoms with Crippen LogP contribution in [0.4, 0.5) is 0 Å². The SMILES string of the molecule is CCCCOCCOCCOCCNC(C)c1cccs1. The number of nitrogens with one attached hydrogen (secondary N) is 1. The Labute approximate surface area is 132 Å². The van der Waals surface area contributed by atoms with Gasteiger partial charge in [0.15, 0.2) is 0 Å². The maximum Gasteiger partial charge on any atom is 0.0701 e. The second-order valence-electron chi connectivity index (χ2n) is 4.88. The first-order valence-electron chi connectivity index (χ1n) is 7.84. The summed E-state index contributed by atoms with van der Waals surface area (Å²) in [5.74, 6) is 0. The first kappa shape index (κ1) is 18.6. The standard InChI is InChI=1S/C16H29NO3S/c1-3-4-8-18-10-12-20-13-11-19-9-7-17-15(2)16-6-5-14-21-16/h5-6,14-15,17H,3-4,7-13H2,1-2H3. The number of thiophene rings is 1. The highest BCUT2D eigenvalue weighted by atomic mass is 32.1. The molecule has 1 N–H and O–H groups in total. The fourth-order valence-corrected chi connectivity index (χ4v) is 2.53. The van der Waals surface area contributed by atoms with Gasteiger partial charge in [0, 0.05) is 24.1 Å². The minimum Gasteiger partial charge on any atom is -0.379 e. The Morgan fingerprint density at radius 3 is 2.33 bits per heavy atom. The Hall–Kier alpha value is -0.460. The molecule has 0 saturated carbocycles. The molecule has 0 aliphatic rings. The van der Waals surface area contributed by atoms with Crippen LogP contribution in [0.5, 0.6) is 0 Å². The number of hydrogen-bond donors (Lipinski definition) is 1. The second-order valence-corrected chi connectivity index (χ2v) is 5.86. The van der Waals surface area contributed by atoms with Gasteiger partial charge in [0.25, 0.3) is 0 Å². The summed E-state index contributed by atoms with van der Waals surface area (Å²) in [4.78, 5) is 1.36. The minimum atomic E-state index is 0.394. The third-order valence-electron chi connectivity index (χ3n) is 3.05. The molecule has 122 valence electrons. The van der Waals surface area contributed by atoms with Gasteiger partial charge in [-0.2, -0.15) is 0 Å². The zero-order chi connectivity index (χ0) is 15.2. The van der Waals surface area contributed by atoms with E-state index < -0.39 is 0 Å². The predicted molar refractivity (Wildman–Crippen MR) is 88.1 cm³/mol. The molecule has 21 heavy (non-hydrogen) atoms. The lowest BCUT2D eigenvalue weighted by Gasteiger charge is -2.12. The zero-order valence-corrected chi connectivity index (χ0v) is 14.1. The van der Waals surface area contributed by atoms with Crippen LogP contribution in [0.15, 0.2) is 17.5 Å². The fraction of sp³-hybridized carbons (Fsp3) is 0.750. The third-order valence-corrected chi connectivity index (χ3v) is 4.11. The Morgan fingerprint density at radius 2 is 1.71 bits per heavy atom. The highest BCUT2D eigenvalue weighted by molar-refractivity contribution is 7.10. The molecule has 0 aliphatic carbocycles. The molecule has 4 nitrogen and oxygen atoms in total. The van der Waals surface area contributed by atoms with Crippen LogP contribution in [0.3, 0.4) is 0 Å². The van der Waals surface area contributed by atoms with E-state index in [1.54, 1.807) is 11.3 Å². The van der Waals surface area contributed by atoms with Crippen molar-refractivity contribution < 1.29 is 14.2 Å². The van der Waals surface area contributed by atoms with Gasteiger partial charge in [0.1, 0.15) is 0 Å².